The van der Waals surface area contributed by atoms with Crippen molar-refractivity contribution in [2.45, 2.75) is 25.3 Å². The van der Waals surface area contributed by atoms with Gasteiger partial charge in [-0.25, -0.2) is 0 Å². The Kier molecular flexibility index (Phi) is 5.62. The highest BCUT2D eigenvalue weighted by atomic mass is 16.5. The molecule has 0 bridgehead atoms. The highest BCUT2D eigenvalue weighted by Gasteiger charge is 2.12. The van der Waals surface area contributed by atoms with Gasteiger partial charge >= 0.3 is 0 Å². The second-order valence-corrected chi connectivity index (χ2v) is 4.98. The molecule has 108 valence electrons. The smallest absolute Gasteiger partial charge is 0.243 e. The van der Waals surface area contributed by atoms with E-state index < -0.39 is 0 Å². The SMILES string of the molecule is COc1ccc(/C=C/C(=O)NCC[C@H]2CCCN2)cc1. The summed E-state index contributed by atoms with van der Waals surface area (Å²) in [5.74, 6) is 0.773. The van der Waals surface area contributed by atoms with Gasteiger partial charge in [0, 0.05) is 18.7 Å². The van der Waals surface area contributed by atoms with Gasteiger partial charge in [-0.1, -0.05) is 12.1 Å². The lowest BCUT2D eigenvalue weighted by Gasteiger charge is -2.09. The molecule has 4 nitrogen and oxygen atoms in total. The third-order valence-electron chi connectivity index (χ3n) is 3.50. The average molecular weight is 274 g/mol. The minimum Gasteiger partial charge on any atom is -0.497 e. The molecular formula is C16H22N2O2. The van der Waals surface area contributed by atoms with Crippen molar-refractivity contribution < 1.29 is 9.53 Å². The number of carbonyl (C=O) groups is 1. The number of amides is 1. The van der Waals surface area contributed by atoms with Crippen molar-refractivity contribution in [2.24, 2.45) is 0 Å². The minimum absolute atomic E-state index is 0.0428. The van der Waals surface area contributed by atoms with Crippen molar-refractivity contribution in [2.75, 3.05) is 20.2 Å². The molecular weight excluding hydrogens is 252 g/mol. The first-order chi connectivity index (χ1) is 9.78. The van der Waals surface area contributed by atoms with Gasteiger partial charge < -0.3 is 15.4 Å². The molecule has 1 aromatic carbocycles. The number of nitrogens with one attached hydrogen (secondary N) is 2. The summed E-state index contributed by atoms with van der Waals surface area (Å²) in [7, 11) is 1.64. The Hall–Kier alpha value is -1.81. The molecule has 1 fully saturated rings. The first-order valence-electron chi connectivity index (χ1n) is 7.11. The Balaban J connectivity index is 1.70. The van der Waals surface area contributed by atoms with Crippen molar-refractivity contribution in [3.8, 4) is 5.75 Å². The molecule has 2 rings (SSSR count). The van der Waals surface area contributed by atoms with Gasteiger partial charge in [-0.05, 0) is 49.6 Å². The monoisotopic (exact) mass is 274 g/mol. The Labute approximate surface area is 120 Å². The van der Waals surface area contributed by atoms with Crippen molar-refractivity contribution in [3.63, 3.8) is 0 Å². The average Bonchev–Trinajstić information content (AvgIpc) is 2.99. The first-order valence-corrected chi connectivity index (χ1v) is 7.11. The van der Waals surface area contributed by atoms with Gasteiger partial charge in [0.05, 0.1) is 7.11 Å². The molecule has 1 aliphatic rings. The number of hydrogen-bond donors (Lipinski definition) is 2. The van der Waals surface area contributed by atoms with Crippen LogP contribution in [0.4, 0.5) is 0 Å². The van der Waals surface area contributed by atoms with E-state index in [-0.39, 0.29) is 5.91 Å². The molecule has 0 radical (unpaired) electrons. The molecule has 2 N–H and O–H groups in total. The van der Waals surface area contributed by atoms with Gasteiger partial charge in [0.1, 0.15) is 5.75 Å². The van der Waals surface area contributed by atoms with E-state index in [2.05, 4.69) is 10.6 Å². The summed E-state index contributed by atoms with van der Waals surface area (Å²) in [4.78, 5) is 11.7. The first kappa shape index (κ1) is 14.6. The van der Waals surface area contributed by atoms with Crippen LogP contribution in [0, 0.1) is 0 Å². The lowest BCUT2D eigenvalue weighted by atomic mass is 10.1. The predicted octanol–water partition coefficient (Wildman–Crippen LogP) is 1.97. The topological polar surface area (TPSA) is 50.4 Å². The number of carbonyl (C=O) groups excluding carboxylic acids is 1. The van der Waals surface area contributed by atoms with Crippen molar-refractivity contribution in [3.05, 3.63) is 35.9 Å². The van der Waals surface area contributed by atoms with E-state index in [0.717, 1.165) is 30.8 Å². The summed E-state index contributed by atoms with van der Waals surface area (Å²) in [5.41, 5.74) is 0.985. The Morgan fingerprint density at radius 1 is 1.45 bits per heavy atom. The fourth-order valence-corrected chi connectivity index (χ4v) is 2.32. The maximum atomic E-state index is 11.7. The number of hydrogen-bond acceptors (Lipinski definition) is 3. The summed E-state index contributed by atoms with van der Waals surface area (Å²) in [6, 6.07) is 8.17. The largest absolute Gasteiger partial charge is 0.497 e. The second kappa shape index (κ2) is 7.70. The quantitative estimate of drug-likeness (QED) is 0.780. The van der Waals surface area contributed by atoms with E-state index in [4.69, 9.17) is 4.74 Å². The summed E-state index contributed by atoms with van der Waals surface area (Å²) in [6.07, 6.45) is 6.85. The van der Waals surface area contributed by atoms with Crippen LogP contribution in [0.25, 0.3) is 6.08 Å². The normalized spacial score (nSPS) is 18.4. The Bertz CT molecular complexity index is 448. The van der Waals surface area contributed by atoms with Crippen LogP contribution < -0.4 is 15.4 Å². The molecule has 20 heavy (non-hydrogen) atoms. The van der Waals surface area contributed by atoms with Crippen LogP contribution in [0.2, 0.25) is 0 Å². The van der Waals surface area contributed by atoms with Crippen LogP contribution in [0.1, 0.15) is 24.8 Å². The van der Waals surface area contributed by atoms with Gasteiger partial charge in [-0.15, -0.1) is 0 Å². The zero-order chi connectivity index (χ0) is 14.2. The zero-order valence-electron chi connectivity index (χ0n) is 11.9. The zero-order valence-corrected chi connectivity index (χ0v) is 11.9. The van der Waals surface area contributed by atoms with Crippen LogP contribution in [0.5, 0.6) is 5.75 Å². The van der Waals surface area contributed by atoms with Gasteiger partial charge in [0.15, 0.2) is 0 Å². The summed E-state index contributed by atoms with van der Waals surface area (Å²) in [5, 5.41) is 6.33. The summed E-state index contributed by atoms with van der Waals surface area (Å²) in [6.45, 7) is 1.83. The molecule has 1 amide bonds. The van der Waals surface area contributed by atoms with Crippen molar-refractivity contribution in [1.82, 2.24) is 10.6 Å². The van der Waals surface area contributed by atoms with Gasteiger partial charge in [-0.3, -0.25) is 4.79 Å². The van der Waals surface area contributed by atoms with Crippen LogP contribution in [0.15, 0.2) is 30.3 Å². The highest BCUT2D eigenvalue weighted by Crippen LogP contribution is 2.12. The predicted molar refractivity (Wildman–Crippen MR) is 80.7 cm³/mol. The van der Waals surface area contributed by atoms with Gasteiger partial charge in [0.2, 0.25) is 5.91 Å². The number of rotatable bonds is 6. The molecule has 0 aromatic heterocycles. The Morgan fingerprint density at radius 3 is 2.90 bits per heavy atom. The van der Waals surface area contributed by atoms with Crippen molar-refractivity contribution in [1.29, 1.82) is 0 Å². The second-order valence-electron chi connectivity index (χ2n) is 4.98. The van der Waals surface area contributed by atoms with E-state index in [1.807, 2.05) is 30.3 Å². The van der Waals surface area contributed by atoms with E-state index in [1.165, 1.54) is 12.8 Å². The fourth-order valence-electron chi connectivity index (χ4n) is 2.32. The molecule has 1 aromatic rings. The van der Waals surface area contributed by atoms with E-state index >= 15 is 0 Å². The van der Waals surface area contributed by atoms with Crippen LogP contribution in [0.3, 0.4) is 0 Å². The fraction of sp³-hybridized carbons (Fsp3) is 0.438. The summed E-state index contributed by atoms with van der Waals surface area (Å²) < 4.78 is 5.09. The molecule has 0 unspecified atom stereocenters. The molecule has 4 heteroatoms. The number of methoxy groups -OCH3 is 1. The van der Waals surface area contributed by atoms with Crippen LogP contribution >= 0.6 is 0 Å². The molecule has 0 saturated carbocycles. The van der Waals surface area contributed by atoms with E-state index in [9.17, 15) is 4.79 Å². The minimum atomic E-state index is -0.0428. The number of ether oxygens (including phenoxy) is 1. The molecule has 0 aliphatic carbocycles. The highest BCUT2D eigenvalue weighted by molar-refractivity contribution is 5.91. The molecule has 1 heterocycles. The molecule has 1 atom stereocenters. The number of benzene rings is 1. The third kappa shape index (κ3) is 4.70. The van der Waals surface area contributed by atoms with Crippen LogP contribution in [-0.2, 0) is 4.79 Å². The molecule has 0 spiro atoms. The van der Waals surface area contributed by atoms with Gasteiger partial charge in [0.25, 0.3) is 0 Å². The maximum absolute atomic E-state index is 11.7. The van der Waals surface area contributed by atoms with E-state index in [0.29, 0.717) is 6.04 Å². The van der Waals surface area contributed by atoms with Gasteiger partial charge in [-0.2, -0.15) is 0 Å². The standard InChI is InChI=1S/C16H22N2O2/c1-20-15-7-4-13(5-8-15)6-9-16(19)18-12-10-14-3-2-11-17-14/h4-9,14,17H,2-3,10-12H2,1H3,(H,18,19)/b9-6+/t14-/m1/s1. The van der Waals surface area contributed by atoms with E-state index in [1.54, 1.807) is 13.2 Å². The third-order valence-corrected chi connectivity index (χ3v) is 3.50. The lowest BCUT2D eigenvalue weighted by Crippen LogP contribution is -2.29. The summed E-state index contributed by atoms with van der Waals surface area (Å²) >= 11 is 0. The maximum Gasteiger partial charge on any atom is 0.243 e. The molecule has 1 aliphatic heterocycles. The Morgan fingerprint density at radius 2 is 2.25 bits per heavy atom. The van der Waals surface area contributed by atoms with Crippen LogP contribution in [-0.4, -0.2) is 32.1 Å². The lowest BCUT2D eigenvalue weighted by molar-refractivity contribution is -0.116. The molecule has 1 saturated heterocycles. The van der Waals surface area contributed by atoms with Crippen molar-refractivity contribution >= 4 is 12.0 Å².